The van der Waals surface area contributed by atoms with Gasteiger partial charge in [-0.25, -0.2) is 4.79 Å². The minimum atomic E-state index is -4.60. The Kier molecular flexibility index (Phi) is 9.84. The van der Waals surface area contributed by atoms with Crippen molar-refractivity contribution in [3.63, 3.8) is 0 Å². The molecular formula is C32H39ClF3N7O5. The molecule has 2 aromatic heterocycles. The first-order valence-corrected chi connectivity index (χ1v) is 16.1. The summed E-state index contributed by atoms with van der Waals surface area (Å²) >= 11 is 6.12. The van der Waals surface area contributed by atoms with Crippen LogP contribution in [0.2, 0.25) is 5.02 Å². The van der Waals surface area contributed by atoms with Crippen molar-refractivity contribution in [1.29, 1.82) is 0 Å². The Morgan fingerprint density at radius 2 is 1.88 bits per heavy atom. The van der Waals surface area contributed by atoms with Crippen molar-refractivity contribution < 1.29 is 32.2 Å². The van der Waals surface area contributed by atoms with E-state index in [9.17, 15) is 27.6 Å². The van der Waals surface area contributed by atoms with Gasteiger partial charge in [-0.1, -0.05) is 24.6 Å². The molecule has 0 spiro atoms. The third-order valence-corrected chi connectivity index (χ3v) is 8.50. The van der Waals surface area contributed by atoms with Gasteiger partial charge in [-0.15, -0.1) is 5.10 Å². The third-order valence-electron chi connectivity index (χ3n) is 8.18. The highest BCUT2D eigenvalue weighted by Crippen LogP contribution is 2.34. The zero-order valence-electron chi connectivity index (χ0n) is 27.7. The minimum absolute atomic E-state index is 0.000216. The quantitative estimate of drug-likeness (QED) is 0.364. The van der Waals surface area contributed by atoms with Gasteiger partial charge in [0, 0.05) is 25.2 Å². The SMILES string of the molecule is CCc1c(N2C[C@@H](C)N(C(=O)OC(C)(C)C)C[C@@H]2C)c(=O)n2nc(C3=CCOCC3)nc2n1CC(=O)Nc1ccc(C(F)(F)F)cc1Cl. The monoisotopic (exact) mass is 693 g/mol. The molecule has 0 saturated carbocycles. The van der Waals surface area contributed by atoms with Crippen LogP contribution in [0.5, 0.6) is 0 Å². The van der Waals surface area contributed by atoms with Gasteiger partial charge in [0.05, 0.1) is 35.2 Å². The van der Waals surface area contributed by atoms with Crippen molar-refractivity contribution in [3.8, 4) is 0 Å². The van der Waals surface area contributed by atoms with Gasteiger partial charge in [-0.2, -0.15) is 22.7 Å². The average Bonchev–Trinajstić information content (AvgIpc) is 3.46. The van der Waals surface area contributed by atoms with E-state index in [-0.39, 0.29) is 41.7 Å². The van der Waals surface area contributed by atoms with E-state index in [2.05, 4.69) is 15.4 Å². The van der Waals surface area contributed by atoms with E-state index in [1.54, 1.807) is 30.2 Å². The molecule has 1 N–H and O–H groups in total. The predicted molar refractivity (Wildman–Crippen MR) is 174 cm³/mol. The van der Waals surface area contributed by atoms with Crippen molar-refractivity contribution in [2.24, 2.45) is 0 Å². The summed E-state index contributed by atoms with van der Waals surface area (Å²) in [5.74, 6) is -0.149. The fourth-order valence-corrected chi connectivity index (χ4v) is 6.13. The second-order valence-corrected chi connectivity index (χ2v) is 13.4. The van der Waals surface area contributed by atoms with Crippen LogP contribution in [0.15, 0.2) is 29.1 Å². The van der Waals surface area contributed by atoms with Crippen molar-refractivity contribution in [2.45, 2.75) is 84.8 Å². The number of carbonyl (C=O) groups excluding carboxylic acids is 2. The number of amides is 2. The summed E-state index contributed by atoms with van der Waals surface area (Å²) in [5.41, 5.74) is -0.442. The van der Waals surface area contributed by atoms with Crippen LogP contribution in [0.25, 0.3) is 11.4 Å². The molecule has 0 aliphatic carbocycles. The van der Waals surface area contributed by atoms with Crippen molar-refractivity contribution in [1.82, 2.24) is 24.1 Å². The van der Waals surface area contributed by atoms with E-state index in [0.717, 1.165) is 23.8 Å². The largest absolute Gasteiger partial charge is 0.444 e. The smallest absolute Gasteiger partial charge is 0.416 e. The number of nitrogens with zero attached hydrogens (tertiary/aromatic N) is 6. The lowest BCUT2D eigenvalue weighted by atomic mass is 10.1. The maximum atomic E-state index is 14.3. The minimum Gasteiger partial charge on any atom is -0.444 e. The lowest BCUT2D eigenvalue weighted by molar-refractivity contribution is -0.137. The Labute approximate surface area is 280 Å². The van der Waals surface area contributed by atoms with E-state index >= 15 is 0 Å². The number of nitrogens with one attached hydrogen (secondary N) is 1. The molecule has 1 fully saturated rings. The second-order valence-electron chi connectivity index (χ2n) is 13.0. The molecule has 2 amide bonds. The van der Waals surface area contributed by atoms with Crippen LogP contribution in [-0.2, 0) is 33.4 Å². The normalized spacial score (nSPS) is 19.0. The number of alkyl halides is 3. The first-order valence-electron chi connectivity index (χ1n) is 15.7. The van der Waals surface area contributed by atoms with E-state index in [1.165, 1.54) is 4.52 Å². The average molecular weight is 694 g/mol. The first kappa shape index (κ1) is 35.2. The van der Waals surface area contributed by atoms with Crippen LogP contribution in [-0.4, -0.2) is 80.1 Å². The molecule has 5 rings (SSSR count). The number of benzene rings is 1. The molecule has 12 nitrogen and oxygen atoms in total. The zero-order chi connectivity index (χ0) is 35.1. The van der Waals surface area contributed by atoms with E-state index < -0.39 is 34.9 Å². The Morgan fingerprint density at radius 1 is 1.15 bits per heavy atom. The molecule has 48 heavy (non-hydrogen) atoms. The fourth-order valence-electron chi connectivity index (χ4n) is 5.91. The Balaban J connectivity index is 1.56. The molecule has 4 heterocycles. The zero-order valence-corrected chi connectivity index (χ0v) is 28.4. The van der Waals surface area contributed by atoms with Gasteiger partial charge in [-0.05, 0) is 71.2 Å². The number of rotatable bonds is 6. The fraction of sp³-hybridized carbons (Fsp3) is 0.531. The van der Waals surface area contributed by atoms with Crippen LogP contribution < -0.4 is 15.8 Å². The van der Waals surface area contributed by atoms with Crippen molar-refractivity contribution in [2.75, 3.05) is 36.5 Å². The van der Waals surface area contributed by atoms with Gasteiger partial charge < -0.3 is 29.2 Å². The molecule has 3 aromatic rings. The number of aromatic nitrogens is 4. The van der Waals surface area contributed by atoms with E-state index in [4.69, 9.17) is 21.1 Å². The predicted octanol–water partition coefficient (Wildman–Crippen LogP) is 5.40. The molecule has 2 aliphatic heterocycles. The molecule has 2 aliphatic rings. The summed E-state index contributed by atoms with van der Waals surface area (Å²) in [6.45, 7) is 12.1. The van der Waals surface area contributed by atoms with Gasteiger partial charge in [0.2, 0.25) is 11.7 Å². The molecule has 0 bridgehead atoms. The van der Waals surface area contributed by atoms with Crippen molar-refractivity contribution in [3.05, 3.63) is 56.7 Å². The number of anilines is 2. The number of hydrogen-bond donors (Lipinski definition) is 1. The molecule has 260 valence electrons. The highest BCUT2D eigenvalue weighted by molar-refractivity contribution is 6.33. The summed E-state index contributed by atoms with van der Waals surface area (Å²) in [5, 5.41) is 6.89. The molecule has 0 unspecified atom stereocenters. The van der Waals surface area contributed by atoms with Crippen LogP contribution in [0, 0.1) is 0 Å². The van der Waals surface area contributed by atoms with Crippen molar-refractivity contribution >= 4 is 46.3 Å². The molecule has 1 saturated heterocycles. The van der Waals surface area contributed by atoms with Crippen LogP contribution >= 0.6 is 11.6 Å². The van der Waals surface area contributed by atoms with E-state index in [0.29, 0.717) is 49.8 Å². The van der Waals surface area contributed by atoms with Gasteiger partial charge in [0.25, 0.3) is 5.56 Å². The maximum Gasteiger partial charge on any atom is 0.416 e. The number of ether oxygens (including phenoxy) is 2. The number of fused-ring (bicyclic) bond motifs is 1. The number of hydrogen-bond acceptors (Lipinski definition) is 8. The van der Waals surface area contributed by atoms with Gasteiger partial charge in [0.1, 0.15) is 17.8 Å². The standard InChI is InChI=1S/C32H39ClF3N7O5/c1-7-24-26(40-15-19(3)41(16-18(40)2)30(46)48-31(4,5)6)28(45)43-29(38-27(39-43)20-10-12-47-13-11-20)42(24)17-25(44)37-23-9-8-21(14-22(23)33)32(34,35)36/h8-10,14,18-19H,7,11-13,15-17H2,1-6H3,(H,37,44)/t18-,19+/m0/s1. The maximum absolute atomic E-state index is 14.3. The van der Waals surface area contributed by atoms with E-state index in [1.807, 2.05) is 31.7 Å². The van der Waals surface area contributed by atoms with Gasteiger partial charge in [0.15, 0.2) is 5.82 Å². The summed E-state index contributed by atoms with van der Waals surface area (Å²) < 4.78 is 53.4. The summed E-state index contributed by atoms with van der Waals surface area (Å²) in [6.07, 6.45) is -2.35. The summed E-state index contributed by atoms with van der Waals surface area (Å²) in [7, 11) is 0. The summed E-state index contributed by atoms with van der Waals surface area (Å²) in [6, 6.07) is 2.03. The first-order chi connectivity index (χ1) is 22.5. The molecular weight excluding hydrogens is 655 g/mol. The van der Waals surface area contributed by atoms with Crippen LogP contribution in [0.3, 0.4) is 0 Å². The van der Waals surface area contributed by atoms with Crippen LogP contribution in [0.1, 0.15) is 65.0 Å². The third kappa shape index (κ3) is 7.31. The lowest BCUT2D eigenvalue weighted by Gasteiger charge is -2.45. The number of piperazine rings is 1. The summed E-state index contributed by atoms with van der Waals surface area (Å²) in [4.78, 5) is 49.1. The second kappa shape index (κ2) is 13.4. The Bertz CT molecular complexity index is 1810. The molecule has 2 atom stereocenters. The molecule has 16 heteroatoms. The number of carbonyl (C=O) groups is 2. The Morgan fingerprint density at radius 3 is 2.48 bits per heavy atom. The van der Waals surface area contributed by atoms with Gasteiger partial charge >= 0.3 is 12.3 Å². The van der Waals surface area contributed by atoms with Gasteiger partial charge in [-0.3, -0.25) is 9.59 Å². The Hall–Kier alpha value is -4.11. The highest BCUT2D eigenvalue weighted by atomic mass is 35.5. The van der Waals surface area contributed by atoms with Crippen LogP contribution in [0.4, 0.5) is 29.3 Å². The molecule has 0 radical (unpaired) electrons. The topological polar surface area (TPSA) is 123 Å². The number of halogens is 4. The molecule has 1 aromatic carbocycles. The lowest BCUT2D eigenvalue weighted by Crippen LogP contribution is -2.60. The highest BCUT2D eigenvalue weighted by Gasteiger charge is 2.38.